The van der Waals surface area contributed by atoms with Crippen LogP contribution in [0.5, 0.6) is 0 Å². The molecule has 0 aliphatic rings. The van der Waals surface area contributed by atoms with Gasteiger partial charge in [-0.2, -0.15) is 0 Å². The molecule has 0 saturated heterocycles. The number of nitrogens with one attached hydrogen (secondary N) is 1. The van der Waals surface area contributed by atoms with Gasteiger partial charge in [-0.3, -0.25) is 0 Å². The molecule has 1 aromatic rings. The fourth-order valence-corrected chi connectivity index (χ4v) is 2.39. The van der Waals surface area contributed by atoms with E-state index >= 15 is 0 Å². The van der Waals surface area contributed by atoms with E-state index in [9.17, 15) is 0 Å². The molecule has 1 unspecified atom stereocenters. The maximum Gasteiger partial charge on any atom is 0.0676 e. The van der Waals surface area contributed by atoms with Gasteiger partial charge in [0.25, 0.3) is 0 Å². The molecule has 1 rings (SSSR count). The molecule has 15 heavy (non-hydrogen) atoms. The Balaban J connectivity index is 2.61. The number of hydrogen-bond donors (Lipinski definition) is 1. The van der Waals surface area contributed by atoms with Gasteiger partial charge in [-0.1, -0.05) is 0 Å². The van der Waals surface area contributed by atoms with Crippen molar-refractivity contribution in [3.63, 3.8) is 0 Å². The minimum Gasteiger partial charge on any atom is -0.374 e. The Morgan fingerprint density at radius 3 is 2.53 bits per heavy atom. The van der Waals surface area contributed by atoms with Crippen molar-refractivity contribution in [2.24, 2.45) is 0 Å². The molecule has 86 valence electrons. The van der Waals surface area contributed by atoms with Gasteiger partial charge < -0.3 is 10.1 Å². The molecule has 1 heterocycles. The maximum absolute atomic E-state index is 5.81. The number of rotatable bonds is 4. The molecule has 1 atom stereocenters. The summed E-state index contributed by atoms with van der Waals surface area (Å²) in [5.41, 5.74) is 1.28. The average Bonchev–Trinajstić information content (AvgIpc) is 2.52. The van der Waals surface area contributed by atoms with Crippen molar-refractivity contribution in [2.75, 3.05) is 13.7 Å². The summed E-state index contributed by atoms with van der Waals surface area (Å²) in [7, 11) is 1.98. The van der Waals surface area contributed by atoms with E-state index in [0.717, 1.165) is 6.61 Å². The van der Waals surface area contributed by atoms with E-state index in [1.807, 2.05) is 7.05 Å². The molecule has 2 nitrogen and oxygen atoms in total. The largest absolute Gasteiger partial charge is 0.374 e. The van der Waals surface area contributed by atoms with Gasteiger partial charge in [-0.05, 0) is 51.8 Å². The lowest BCUT2D eigenvalue weighted by atomic mass is 10.1. The minimum absolute atomic E-state index is 0.0692. The van der Waals surface area contributed by atoms with Crippen molar-refractivity contribution in [1.82, 2.24) is 5.32 Å². The Morgan fingerprint density at radius 2 is 2.13 bits per heavy atom. The molecule has 0 bridgehead atoms. The molecule has 0 aliphatic heterocycles. The first-order chi connectivity index (χ1) is 6.94. The second-order valence-electron chi connectivity index (χ2n) is 4.73. The van der Waals surface area contributed by atoms with Gasteiger partial charge in [0, 0.05) is 4.88 Å². The number of ether oxygens (including phenoxy) is 1. The summed E-state index contributed by atoms with van der Waals surface area (Å²) < 4.78 is 5.81. The van der Waals surface area contributed by atoms with Crippen LogP contribution in [0.1, 0.15) is 37.3 Å². The molecule has 0 amide bonds. The predicted octanol–water partition coefficient (Wildman–Crippen LogP) is 3.13. The molecular formula is C12H21NOS. The molecule has 3 heteroatoms. The molecule has 0 aromatic carbocycles. The van der Waals surface area contributed by atoms with Crippen LogP contribution in [0, 0.1) is 6.92 Å². The van der Waals surface area contributed by atoms with Crippen LogP contribution in [0.15, 0.2) is 11.4 Å². The zero-order chi connectivity index (χ0) is 11.5. The number of thiophene rings is 1. The second-order valence-corrected chi connectivity index (χ2v) is 5.68. The zero-order valence-electron chi connectivity index (χ0n) is 10.3. The van der Waals surface area contributed by atoms with Crippen molar-refractivity contribution >= 4 is 11.3 Å². The summed E-state index contributed by atoms with van der Waals surface area (Å²) in [5.74, 6) is 0. The first-order valence-corrected chi connectivity index (χ1v) is 6.17. The lowest BCUT2D eigenvalue weighted by Gasteiger charge is -2.24. The summed E-state index contributed by atoms with van der Waals surface area (Å²) >= 11 is 1.79. The van der Waals surface area contributed by atoms with E-state index in [0.29, 0.717) is 6.04 Å². The van der Waals surface area contributed by atoms with Crippen LogP contribution in [-0.2, 0) is 4.74 Å². The van der Waals surface area contributed by atoms with Crippen molar-refractivity contribution < 1.29 is 4.74 Å². The standard InChI is InChI=1S/C12H21NOS/c1-9-6-7-15-11(9)10(13-5)8-14-12(2,3)4/h6-7,10,13H,8H2,1-5H3. The molecule has 0 radical (unpaired) electrons. The summed E-state index contributed by atoms with van der Waals surface area (Å²) in [5, 5.41) is 5.43. The Labute approximate surface area is 96.7 Å². The van der Waals surface area contributed by atoms with Gasteiger partial charge >= 0.3 is 0 Å². The number of aryl methyl sites for hydroxylation is 1. The van der Waals surface area contributed by atoms with Crippen molar-refractivity contribution in [3.8, 4) is 0 Å². The fourth-order valence-electron chi connectivity index (χ4n) is 1.36. The van der Waals surface area contributed by atoms with E-state index in [1.165, 1.54) is 10.4 Å². The quantitative estimate of drug-likeness (QED) is 0.853. The van der Waals surface area contributed by atoms with Crippen molar-refractivity contribution in [2.45, 2.75) is 39.3 Å². The third-order valence-electron chi connectivity index (χ3n) is 2.25. The second kappa shape index (κ2) is 5.10. The lowest BCUT2D eigenvalue weighted by molar-refractivity contribution is -0.0135. The van der Waals surface area contributed by atoms with Gasteiger partial charge in [0.05, 0.1) is 18.2 Å². The van der Waals surface area contributed by atoms with Gasteiger partial charge in [0.2, 0.25) is 0 Å². The molecule has 0 aliphatic carbocycles. The highest BCUT2D eigenvalue weighted by Crippen LogP contribution is 2.25. The predicted molar refractivity (Wildman–Crippen MR) is 66.6 cm³/mol. The smallest absolute Gasteiger partial charge is 0.0676 e. The molecule has 1 N–H and O–H groups in total. The Morgan fingerprint density at radius 1 is 1.47 bits per heavy atom. The number of hydrogen-bond acceptors (Lipinski definition) is 3. The van der Waals surface area contributed by atoms with Gasteiger partial charge in [0.15, 0.2) is 0 Å². The molecule has 0 fully saturated rings. The van der Waals surface area contributed by atoms with Crippen molar-refractivity contribution in [3.05, 3.63) is 21.9 Å². The van der Waals surface area contributed by atoms with E-state index in [4.69, 9.17) is 4.74 Å². The Kier molecular flexibility index (Phi) is 4.32. The highest BCUT2D eigenvalue weighted by molar-refractivity contribution is 7.10. The van der Waals surface area contributed by atoms with Crippen LogP contribution >= 0.6 is 11.3 Å². The summed E-state index contributed by atoms with van der Waals surface area (Å²) in [6, 6.07) is 2.46. The Hall–Kier alpha value is -0.380. The molecule has 1 aromatic heterocycles. The van der Waals surface area contributed by atoms with Crippen LogP contribution in [-0.4, -0.2) is 19.3 Å². The molecule has 0 saturated carbocycles. The third kappa shape index (κ3) is 3.93. The maximum atomic E-state index is 5.81. The van der Waals surface area contributed by atoms with Crippen LogP contribution in [0.25, 0.3) is 0 Å². The van der Waals surface area contributed by atoms with Gasteiger partial charge in [0.1, 0.15) is 0 Å². The van der Waals surface area contributed by atoms with E-state index < -0.39 is 0 Å². The topological polar surface area (TPSA) is 21.3 Å². The van der Waals surface area contributed by atoms with Crippen LogP contribution in [0.4, 0.5) is 0 Å². The zero-order valence-corrected chi connectivity index (χ0v) is 11.1. The summed E-state index contributed by atoms with van der Waals surface area (Å²) in [6.07, 6.45) is 0. The SMILES string of the molecule is CNC(COC(C)(C)C)c1sccc1C. The fraction of sp³-hybridized carbons (Fsp3) is 0.667. The first-order valence-electron chi connectivity index (χ1n) is 5.29. The van der Waals surface area contributed by atoms with Crippen LogP contribution in [0.2, 0.25) is 0 Å². The van der Waals surface area contributed by atoms with Crippen LogP contribution in [0.3, 0.4) is 0 Å². The van der Waals surface area contributed by atoms with Crippen LogP contribution < -0.4 is 5.32 Å². The summed E-state index contributed by atoms with van der Waals surface area (Å²) in [4.78, 5) is 1.38. The third-order valence-corrected chi connectivity index (χ3v) is 3.38. The van der Waals surface area contributed by atoms with Gasteiger partial charge in [-0.15, -0.1) is 11.3 Å². The highest BCUT2D eigenvalue weighted by Gasteiger charge is 2.17. The Bertz CT molecular complexity index is 301. The first kappa shape index (κ1) is 12.7. The average molecular weight is 227 g/mol. The minimum atomic E-state index is -0.0692. The molecular weight excluding hydrogens is 206 g/mol. The van der Waals surface area contributed by atoms with E-state index in [2.05, 4.69) is 44.5 Å². The van der Waals surface area contributed by atoms with E-state index in [-0.39, 0.29) is 5.60 Å². The van der Waals surface area contributed by atoms with Crippen molar-refractivity contribution in [1.29, 1.82) is 0 Å². The highest BCUT2D eigenvalue weighted by atomic mass is 32.1. The number of likely N-dealkylation sites (N-methyl/N-ethyl adjacent to an activating group) is 1. The summed E-state index contributed by atoms with van der Waals surface area (Å²) in [6.45, 7) is 9.12. The molecule has 0 spiro atoms. The van der Waals surface area contributed by atoms with E-state index in [1.54, 1.807) is 11.3 Å². The normalized spacial score (nSPS) is 14.2. The van der Waals surface area contributed by atoms with Gasteiger partial charge in [-0.25, -0.2) is 0 Å². The lowest BCUT2D eigenvalue weighted by Crippen LogP contribution is -2.28. The monoisotopic (exact) mass is 227 g/mol.